The zero-order valence-electron chi connectivity index (χ0n) is 9.51. The van der Waals surface area contributed by atoms with Crippen LogP contribution in [0.1, 0.15) is 33.1 Å². The minimum absolute atomic E-state index is 0.0339. The Morgan fingerprint density at radius 1 is 1.47 bits per heavy atom. The van der Waals surface area contributed by atoms with Crippen molar-refractivity contribution in [3.05, 3.63) is 24.8 Å². The quantitative estimate of drug-likeness (QED) is 0.525. The first-order chi connectivity index (χ1) is 6.91. The highest BCUT2D eigenvalue weighted by atomic mass is 16.2. The van der Waals surface area contributed by atoms with Gasteiger partial charge in [-0.05, 0) is 26.2 Å². The molecule has 1 rings (SSSR count). The van der Waals surface area contributed by atoms with Gasteiger partial charge in [0, 0.05) is 12.8 Å². The van der Waals surface area contributed by atoms with Crippen LogP contribution in [0.3, 0.4) is 0 Å². The fourth-order valence-electron chi connectivity index (χ4n) is 1.99. The van der Waals surface area contributed by atoms with Crippen LogP contribution < -0.4 is 0 Å². The second-order valence-corrected chi connectivity index (χ2v) is 4.62. The van der Waals surface area contributed by atoms with Crippen LogP contribution in [0, 0.1) is 11.3 Å². The van der Waals surface area contributed by atoms with Gasteiger partial charge in [-0.1, -0.05) is 18.2 Å². The van der Waals surface area contributed by atoms with Gasteiger partial charge >= 0.3 is 0 Å². The SMILES string of the molecule is C=CCC1(C)C(=O)CC(C(=C)C)CC1=O. The normalized spacial score (nSPS) is 31.5. The Morgan fingerprint density at radius 3 is 2.27 bits per heavy atom. The molecule has 1 aliphatic carbocycles. The summed E-state index contributed by atoms with van der Waals surface area (Å²) in [7, 11) is 0. The summed E-state index contributed by atoms with van der Waals surface area (Å²) >= 11 is 0. The summed E-state index contributed by atoms with van der Waals surface area (Å²) in [5.74, 6) is 0.112. The lowest BCUT2D eigenvalue weighted by Crippen LogP contribution is -2.42. The van der Waals surface area contributed by atoms with E-state index in [2.05, 4.69) is 13.2 Å². The van der Waals surface area contributed by atoms with E-state index in [4.69, 9.17) is 0 Å². The highest BCUT2D eigenvalue weighted by molar-refractivity contribution is 6.09. The third kappa shape index (κ3) is 2.09. The summed E-state index contributed by atoms with van der Waals surface area (Å²) in [5, 5.41) is 0. The molecule has 0 aromatic heterocycles. The summed E-state index contributed by atoms with van der Waals surface area (Å²) in [6, 6.07) is 0. The molecule has 0 amide bonds. The second kappa shape index (κ2) is 4.13. The summed E-state index contributed by atoms with van der Waals surface area (Å²) in [5.41, 5.74) is 0.102. The summed E-state index contributed by atoms with van der Waals surface area (Å²) in [4.78, 5) is 23.8. The monoisotopic (exact) mass is 206 g/mol. The van der Waals surface area contributed by atoms with Gasteiger partial charge in [0.15, 0.2) is 0 Å². The van der Waals surface area contributed by atoms with Gasteiger partial charge in [0.05, 0.1) is 5.41 Å². The molecule has 0 saturated heterocycles. The predicted octanol–water partition coefficient (Wildman–Crippen LogP) is 2.69. The summed E-state index contributed by atoms with van der Waals surface area (Å²) in [6.07, 6.45) is 3.00. The molecule has 2 heteroatoms. The molecule has 0 spiro atoms. The molecule has 0 aliphatic heterocycles. The molecule has 0 N–H and O–H groups in total. The van der Waals surface area contributed by atoms with Gasteiger partial charge in [-0.2, -0.15) is 0 Å². The van der Waals surface area contributed by atoms with Gasteiger partial charge in [-0.25, -0.2) is 0 Å². The van der Waals surface area contributed by atoms with Crippen molar-refractivity contribution in [2.75, 3.05) is 0 Å². The number of ketones is 2. The third-order valence-electron chi connectivity index (χ3n) is 3.34. The van der Waals surface area contributed by atoms with Crippen molar-refractivity contribution < 1.29 is 9.59 Å². The van der Waals surface area contributed by atoms with E-state index in [1.54, 1.807) is 13.0 Å². The van der Waals surface area contributed by atoms with Crippen molar-refractivity contribution in [2.24, 2.45) is 11.3 Å². The Bertz CT molecular complexity index is 307. The number of carbonyl (C=O) groups is 2. The molecule has 0 atom stereocenters. The summed E-state index contributed by atoms with van der Waals surface area (Å²) < 4.78 is 0. The zero-order chi connectivity index (χ0) is 11.6. The van der Waals surface area contributed by atoms with E-state index in [1.165, 1.54) is 0 Å². The van der Waals surface area contributed by atoms with Crippen LogP contribution >= 0.6 is 0 Å². The molecule has 0 radical (unpaired) electrons. The average molecular weight is 206 g/mol. The van der Waals surface area contributed by atoms with E-state index in [9.17, 15) is 9.59 Å². The molecule has 1 saturated carbocycles. The molecule has 0 aromatic carbocycles. The topological polar surface area (TPSA) is 34.1 Å². The van der Waals surface area contributed by atoms with Crippen LogP contribution in [-0.4, -0.2) is 11.6 Å². The highest BCUT2D eigenvalue weighted by Gasteiger charge is 2.44. The molecule has 0 heterocycles. The largest absolute Gasteiger partial charge is 0.299 e. The van der Waals surface area contributed by atoms with Crippen LogP contribution in [-0.2, 0) is 9.59 Å². The van der Waals surface area contributed by atoms with Crippen molar-refractivity contribution in [3.63, 3.8) is 0 Å². The Balaban J connectivity index is 2.90. The van der Waals surface area contributed by atoms with Gasteiger partial charge in [0.1, 0.15) is 11.6 Å². The maximum atomic E-state index is 11.9. The van der Waals surface area contributed by atoms with Crippen LogP contribution in [0.15, 0.2) is 24.8 Å². The molecule has 2 nitrogen and oxygen atoms in total. The molecule has 1 fully saturated rings. The lowest BCUT2D eigenvalue weighted by molar-refractivity contribution is -0.144. The van der Waals surface area contributed by atoms with Crippen molar-refractivity contribution in [2.45, 2.75) is 33.1 Å². The minimum Gasteiger partial charge on any atom is -0.299 e. The van der Waals surface area contributed by atoms with E-state index in [1.807, 2.05) is 6.92 Å². The molecule has 0 unspecified atom stereocenters. The van der Waals surface area contributed by atoms with Crippen LogP contribution in [0.4, 0.5) is 0 Å². The molecule has 0 bridgehead atoms. The average Bonchev–Trinajstić information content (AvgIpc) is 2.14. The number of Topliss-reactive ketones (excluding diaryl/α,β-unsaturated/α-hetero) is 2. The third-order valence-corrected chi connectivity index (χ3v) is 3.34. The van der Waals surface area contributed by atoms with E-state index >= 15 is 0 Å². The Labute approximate surface area is 91.1 Å². The molecule has 15 heavy (non-hydrogen) atoms. The maximum Gasteiger partial charge on any atom is 0.147 e. The number of rotatable bonds is 3. The highest BCUT2D eigenvalue weighted by Crippen LogP contribution is 2.37. The lowest BCUT2D eigenvalue weighted by atomic mass is 9.67. The summed E-state index contributed by atoms with van der Waals surface area (Å²) in [6.45, 7) is 11.0. The standard InChI is InChI=1S/C13H18O2/c1-5-6-13(4)11(14)7-10(9(2)3)8-12(13)15/h5,10H,1-2,6-8H2,3-4H3. The predicted molar refractivity (Wildman–Crippen MR) is 60.5 cm³/mol. The van der Waals surface area contributed by atoms with Crippen LogP contribution in [0.2, 0.25) is 0 Å². The van der Waals surface area contributed by atoms with Gasteiger partial charge in [-0.15, -0.1) is 6.58 Å². The van der Waals surface area contributed by atoms with E-state index < -0.39 is 5.41 Å². The first kappa shape index (κ1) is 11.9. The van der Waals surface area contributed by atoms with E-state index in [0.717, 1.165) is 5.57 Å². The second-order valence-electron chi connectivity index (χ2n) is 4.62. The number of carbonyl (C=O) groups excluding carboxylic acids is 2. The minimum atomic E-state index is -0.826. The zero-order valence-corrected chi connectivity index (χ0v) is 9.51. The Hall–Kier alpha value is -1.18. The smallest absolute Gasteiger partial charge is 0.147 e. The maximum absolute atomic E-state index is 11.9. The van der Waals surface area contributed by atoms with Crippen molar-refractivity contribution >= 4 is 11.6 Å². The van der Waals surface area contributed by atoms with Gasteiger partial charge < -0.3 is 0 Å². The molecule has 0 aromatic rings. The Morgan fingerprint density at radius 2 is 1.93 bits per heavy atom. The fourth-order valence-corrected chi connectivity index (χ4v) is 1.99. The number of hydrogen-bond donors (Lipinski definition) is 0. The van der Waals surface area contributed by atoms with Crippen molar-refractivity contribution in [1.29, 1.82) is 0 Å². The van der Waals surface area contributed by atoms with Crippen molar-refractivity contribution in [3.8, 4) is 0 Å². The number of allylic oxidation sites excluding steroid dienone is 2. The first-order valence-electron chi connectivity index (χ1n) is 5.24. The molecule has 1 aliphatic rings. The van der Waals surface area contributed by atoms with Crippen molar-refractivity contribution in [1.82, 2.24) is 0 Å². The Kier molecular flexibility index (Phi) is 3.28. The van der Waals surface area contributed by atoms with Gasteiger partial charge in [0.2, 0.25) is 0 Å². The lowest BCUT2D eigenvalue weighted by Gasteiger charge is -2.34. The van der Waals surface area contributed by atoms with Gasteiger partial charge in [0.25, 0.3) is 0 Å². The number of hydrogen-bond acceptors (Lipinski definition) is 2. The first-order valence-corrected chi connectivity index (χ1v) is 5.24. The van der Waals surface area contributed by atoms with Gasteiger partial charge in [-0.3, -0.25) is 9.59 Å². The van der Waals surface area contributed by atoms with Crippen LogP contribution in [0.25, 0.3) is 0 Å². The fraction of sp³-hybridized carbons (Fsp3) is 0.538. The molecular weight excluding hydrogens is 188 g/mol. The van der Waals surface area contributed by atoms with E-state index in [0.29, 0.717) is 19.3 Å². The molecular formula is C13H18O2. The molecule has 82 valence electrons. The van der Waals surface area contributed by atoms with Crippen LogP contribution in [0.5, 0.6) is 0 Å². The van der Waals surface area contributed by atoms with E-state index in [-0.39, 0.29) is 17.5 Å².